The molecule has 1 aromatic carbocycles. The average Bonchev–Trinajstić information content (AvgIpc) is 2.89. The third kappa shape index (κ3) is 3.12. The van der Waals surface area contributed by atoms with Crippen LogP contribution in [-0.4, -0.2) is 10.2 Å². The van der Waals surface area contributed by atoms with Crippen LogP contribution in [0.4, 0.5) is 0 Å². The summed E-state index contributed by atoms with van der Waals surface area (Å²) in [5, 5.41) is 3.11. The normalized spacial score (nSPS) is 25.3. The Hall–Kier alpha value is -0.730. The monoisotopic (exact) mass is 313 g/mol. The van der Waals surface area contributed by atoms with Crippen molar-refractivity contribution >= 4 is 29.1 Å². The molecule has 2 rings (SSSR count). The molecule has 110 valence electrons. The van der Waals surface area contributed by atoms with E-state index in [1.54, 1.807) is 0 Å². The van der Waals surface area contributed by atoms with Crippen molar-refractivity contribution in [1.29, 1.82) is 0 Å². The second kappa shape index (κ2) is 5.57. The van der Waals surface area contributed by atoms with E-state index in [0.717, 1.165) is 12.0 Å². The number of carbonyl (C=O) groups is 1. The summed E-state index contributed by atoms with van der Waals surface area (Å²) in [5.74, 6) is 0.432. The Morgan fingerprint density at radius 3 is 2.30 bits per heavy atom. The summed E-state index contributed by atoms with van der Waals surface area (Å²) in [6.07, 6.45) is 1.40. The molecule has 1 saturated carbocycles. The molecule has 1 N–H and O–H groups in total. The lowest BCUT2D eigenvalue weighted by Crippen LogP contribution is -2.36. The van der Waals surface area contributed by atoms with Crippen LogP contribution in [0.25, 0.3) is 0 Å². The van der Waals surface area contributed by atoms with Gasteiger partial charge in [0.05, 0.1) is 11.5 Å². The van der Waals surface area contributed by atoms with Crippen molar-refractivity contribution < 1.29 is 4.79 Å². The standard InChI is InChI=1S/C16H21Cl2NO/c1-11(2)9-13(12-7-5-4-6-8-12)19-14(20)15(3)10-16(15,17)18/h4-8,11,13H,9-10H2,1-3H3,(H,19,20). The Kier molecular flexibility index (Phi) is 4.36. The summed E-state index contributed by atoms with van der Waals surface area (Å²) in [6, 6.07) is 10.0. The highest BCUT2D eigenvalue weighted by Gasteiger charge is 2.68. The Morgan fingerprint density at radius 1 is 1.30 bits per heavy atom. The minimum atomic E-state index is -0.920. The molecule has 4 heteroatoms. The highest BCUT2D eigenvalue weighted by atomic mass is 35.5. The molecule has 1 fully saturated rings. The summed E-state index contributed by atoms with van der Waals surface area (Å²) >= 11 is 12.2. The molecule has 0 spiro atoms. The summed E-state index contributed by atoms with van der Waals surface area (Å²) in [4.78, 5) is 12.4. The van der Waals surface area contributed by atoms with Gasteiger partial charge in [-0.15, -0.1) is 23.2 Å². The number of benzene rings is 1. The third-order valence-corrected chi connectivity index (χ3v) is 5.07. The minimum absolute atomic E-state index is 0.00487. The summed E-state index contributed by atoms with van der Waals surface area (Å²) in [5.41, 5.74) is 0.452. The van der Waals surface area contributed by atoms with Crippen molar-refractivity contribution in [2.75, 3.05) is 0 Å². The maximum atomic E-state index is 12.4. The smallest absolute Gasteiger partial charge is 0.229 e. The van der Waals surface area contributed by atoms with Crippen LogP contribution < -0.4 is 5.32 Å². The van der Waals surface area contributed by atoms with E-state index in [9.17, 15) is 4.79 Å². The zero-order valence-corrected chi connectivity index (χ0v) is 13.6. The van der Waals surface area contributed by atoms with Crippen LogP contribution in [0.1, 0.15) is 45.2 Å². The first-order valence-electron chi connectivity index (χ1n) is 7.00. The van der Waals surface area contributed by atoms with E-state index in [0.29, 0.717) is 12.3 Å². The number of hydrogen-bond acceptors (Lipinski definition) is 1. The van der Waals surface area contributed by atoms with Crippen LogP contribution in [0, 0.1) is 11.3 Å². The largest absolute Gasteiger partial charge is 0.349 e. The highest BCUT2D eigenvalue weighted by Crippen LogP contribution is 2.63. The zero-order valence-electron chi connectivity index (χ0n) is 12.1. The number of halogens is 2. The molecule has 1 aromatic rings. The van der Waals surface area contributed by atoms with Gasteiger partial charge in [-0.3, -0.25) is 4.79 Å². The van der Waals surface area contributed by atoms with Gasteiger partial charge in [0.1, 0.15) is 4.33 Å². The van der Waals surface area contributed by atoms with Crippen molar-refractivity contribution in [3.63, 3.8) is 0 Å². The number of rotatable bonds is 5. The summed E-state index contributed by atoms with van der Waals surface area (Å²) in [7, 11) is 0. The molecule has 2 nitrogen and oxygen atoms in total. The molecule has 1 aliphatic rings. The molecule has 2 atom stereocenters. The van der Waals surface area contributed by atoms with E-state index >= 15 is 0 Å². The van der Waals surface area contributed by atoms with Gasteiger partial charge in [0.15, 0.2) is 0 Å². The Labute approximate surface area is 130 Å². The van der Waals surface area contributed by atoms with E-state index in [2.05, 4.69) is 19.2 Å². The summed E-state index contributed by atoms with van der Waals surface area (Å²) in [6.45, 7) is 6.11. The van der Waals surface area contributed by atoms with Crippen molar-refractivity contribution in [2.45, 2.75) is 44.0 Å². The molecular weight excluding hydrogens is 293 g/mol. The molecule has 0 heterocycles. The van der Waals surface area contributed by atoms with Crippen LogP contribution >= 0.6 is 23.2 Å². The number of alkyl halides is 2. The van der Waals surface area contributed by atoms with Gasteiger partial charge in [0.2, 0.25) is 5.91 Å². The Morgan fingerprint density at radius 2 is 1.85 bits per heavy atom. The fraction of sp³-hybridized carbons (Fsp3) is 0.562. The maximum Gasteiger partial charge on any atom is 0.229 e. The topological polar surface area (TPSA) is 29.1 Å². The van der Waals surface area contributed by atoms with Gasteiger partial charge in [-0.2, -0.15) is 0 Å². The Balaban J connectivity index is 2.11. The van der Waals surface area contributed by atoms with Crippen molar-refractivity contribution in [2.24, 2.45) is 11.3 Å². The molecule has 0 aromatic heterocycles. The molecule has 20 heavy (non-hydrogen) atoms. The predicted molar refractivity (Wildman–Crippen MR) is 83.9 cm³/mol. The predicted octanol–water partition coefficient (Wildman–Crippen LogP) is 4.47. The zero-order chi connectivity index (χ0) is 15.0. The second-order valence-corrected chi connectivity index (χ2v) is 7.76. The van der Waals surface area contributed by atoms with Gasteiger partial charge >= 0.3 is 0 Å². The number of carbonyl (C=O) groups excluding carboxylic acids is 1. The Bertz CT molecular complexity index is 487. The van der Waals surface area contributed by atoms with Gasteiger partial charge < -0.3 is 5.32 Å². The lowest BCUT2D eigenvalue weighted by atomic mass is 9.96. The van der Waals surface area contributed by atoms with Crippen molar-refractivity contribution in [3.8, 4) is 0 Å². The quantitative estimate of drug-likeness (QED) is 0.798. The molecule has 1 amide bonds. The average molecular weight is 314 g/mol. The van der Waals surface area contributed by atoms with Gasteiger partial charge in [0, 0.05) is 0 Å². The molecule has 0 radical (unpaired) electrons. The third-order valence-electron chi connectivity index (χ3n) is 3.97. The molecule has 2 unspecified atom stereocenters. The van der Waals surface area contributed by atoms with Crippen LogP contribution in [0.15, 0.2) is 30.3 Å². The lowest BCUT2D eigenvalue weighted by Gasteiger charge is -2.23. The van der Waals surface area contributed by atoms with E-state index in [4.69, 9.17) is 23.2 Å². The van der Waals surface area contributed by atoms with Gasteiger partial charge in [0.25, 0.3) is 0 Å². The first kappa shape index (κ1) is 15.7. The van der Waals surface area contributed by atoms with Gasteiger partial charge in [-0.1, -0.05) is 44.2 Å². The van der Waals surface area contributed by atoms with Gasteiger partial charge in [-0.05, 0) is 31.2 Å². The van der Waals surface area contributed by atoms with E-state index < -0.39 is 9.75 Å². The fourth-order valence-corrected chi connectivity index (χ4v) is 3.11. The lowest BCUT2D eigenvalue weighted by molar-refractivity contribution is -0.126. The van der Waals surface area contributed by atoms with Gasteiger partial charge in [-0.25, -0.2) is 0 Å². The van der Waals surface area contributed by atoms with Crippen LogP contribution in [0.5, 0.6) is 0 Å². The van der Waals surface area contributed by atoms with Crippen molar-refractivity contribution in [1.82, 2.24) is 5.32 Å². The molecule has 0 aliphatic heterocycles. The van der Waals surface area contributed by atoms with Crippen molar-refractivity contribution in [3.05, 3.63) is 35.9 Å². The number of nitrogens with one attached hydrogen (secondary N) is 1. The summed E-state index contributed by atoms with van der Waals surface area (Å²) < 4.78 is -0.920. The SMILES string of the molecule is CC(C)CC(NC(=O)C1(C)CC1(Cl)Cl)c1ccccc1. The second-order valence-electron chi connectivity index (χ2n) is 6.28. The molecule has 1 aliphatic carbocycles. The van der Waals surface area contributed by atoms with Crippen LogP contribution in [0.3, 0.4) is 0 Å². The molecular formula is C16H21Cl2NO. The number of amides is 1. The molecule has 0 bridgehead atoms. The molecule has 0 saturated heterocycles. The van der Waals surface area contributed by atoms with Crippen LogP contribution in [0.2, 0.25) is 0 Å². The maximum absolute atomic E-state index is 12.4. The number of hydrogen-bond donors (Lipinski definition) is 1. The minimum Gasteiger partial charge on any atom is -0.349 e. The van der Waals surface area contributed by atoms with E-state index in [1.807, 2.05) is 37.3 Å². The first-order valence-corrected chi connectivity index (χ1v) is 7.75. The first-order chi connectivity index (χ1) is 9.26. The van der Waals surface area contributed by atoms with Crippen LogP contribution in [-0.2, 0) is 4.79 Å². The van der Waals surface area contributed by atoms with E-state index in [-0.39, 0.29) is 11.9 Å². The fourth-order valence-electron chi connectivity index (χ4n) is 2.40. The highest BCUT2D eigenvalue weighted by molar-refractivity contribution is 6.53. The van der Waals surface area contributed by atoms with E-state index in [1.165, 1.54) is 0 Å².